The number of nitrogens with zero attached hydrogens (tertiary/aromatic N) is 1. The number of methoxy groups -OCH3 is 1. The maximum Gasteiger partial charge on any atom is 0.414 e. The van der Waals surface area contributed by atoms with E-state index < -0.39 is 12.2 Å². The maximum atomic E-state index is 12.5. The largest absolute Gasteiger partial charge is 0.493 e. The van der Waals surface area contributed by atoms with Crippen molar-refractivity contribution >= 4 is 12.0 Å². The molecule has 1 aliphatic carbocycles. The molecule has 2 amide bonds. The minimum Gasteiger partial charge on any atom is -0.493 e. The molecule has 0 aromatic heterocycles. The van der Waals surface area contributed by atoms with Gasteiger partial charge in [-0.25, -0.2) is 4.79 Å². The number of imide groups is 1. The fourth-order valence-electron chi connectivity index (χ4n) is 5.45. The predicted octanol–water partition coefficient (Wildman–Crippen LogP) is 2.95. The molecule has 4 rings (SSSR count). The molecule has 3 aliphatic rings. The van der Waals surface area contributed by atoms with Gasteiger partial charge < -0.3 is 19.9 Å². The first kappa shape index (κ1) is 23.6. The van der Waals surface area contributed by atoms with Crippen molar-refractivity contribution in [2.45, 2.75) is 57.8 Å². The Bertz CT molecular complexity index is 944. The second-order valence-corrected chi connectivity index (χ2v) is 9.88. The van der Waals surface area contributed by atoms with Gasteiger partial charge in [-0.1, -0.05) is 19.9 Å². The monoisotopic (exact) mass is 457 g/mol. The second-order valence-electron chi connectivity index (χ2n) is 9.88. The topological polar surface area (TPSA) is 103 Å². The van der Waals surface area contributed by atoms with E-state index in [1.54, 1.807) is 7.11 Å². The summed E-state index contributed by atoms with van der Waals surface area (Å²) in [6.45, 7) is 6.16. The van der Waals surface area contributed by atoms with Crippen LogP contribution in [0.15, 0.2) is 23.8 Å². The normalized spacial score (nSPS) is 24.3. The number of alkyl carbamates (subject to hydrolysis) is 1. The lowest BCUT2D eigenvalue weighted by molar-refractivity contribution is -0.121. The average molecular weight is 458 g/mol. The lowest BCUT2D eigenvalue weighted by Gasteiger charge is -2.31. The summed E-state index contributed by atoms with van der Waals surface area (Å²) in [5.41, 5.74) is 9.38. The molecule has 8 nitrogen and oxygen atoms in total. The van der Waals surface area contributed by atoms with Crippen molar-refractivity contribution in [3.05, 3.63) is 34.9 Å². The van der Waals surface area contributed by atoms with Crippen LogP contribution in [0.1, 0.15) is 50.2 Å². The smallest absolute Gasteiger partial charge is 0.414 e. The van der Waals surface area contributed by atoms with E-state index in [0.29, 0.717) is 18.9 Å². The fraction of sp³-hybridized carbons (Fsp3) is 0.600. The van der Waals surface area contributed by atoms with Crippen LogP contribution in [-0.2, 0) is 16.1 Å². The number of nitrogens with one attached hydrogen (secondary N) is 1. The number of hydrogen-bond acceptors (Lipinski definition) is 7. The van der Waals surface area contributed by atoms with Crippen LogP contribution in [0.3, 0.4) is 0 Å². The highest BCUT2D eigenvalue weighted by Crippen LogP contribution is 2.53. The van der Waals surface area contributed by atoms with Crippen molar-refractivity contribution < 1.29 is 23.8 Å². The van der Waals surface area contributed by atoms with Crippen LogP contribution < -0.4 is 20.5 Å². The lowest BCUT2D eigenvalue weighted by Crippen LogP contribution is -2.39. The molecule has 0 radical (unpaired) electrons. The first-order valence-corrected chi connectivity index (χ1v) is 11.7. The third-order valence-electron chi connectivity index (χ3n) is 6.69. The zero-order valence-corrected chi connectivity index (χ0v) is 19.9. The molecule has 4 unspecified atom stereocenters. The van der Waals surface area contributed by atoms with Crippen LogP contribution >= 0.6 is 0 Å². The van der Waals surface area contributed by atoms with Gasteiger partial charge in [0.15, 0.2) is 11.5 Å². The van der Waals surface area contributed by atoms with Crippen LogP contribution in [0.25, 0.3) is 0 Å². The molecule has 0 saturated heterocycles. The maximum absolute atomic E-state index is 12.5. The molecule has 180 valence electrons. The second kappa shape index (κ2) is 9.73. The Kier molecular flexibility index (Phi) is 6.95. The number of nitrogens with two attached hydrogens (primary N) is 1. The number of hydrogen-bond donors (Lipinski definition) is 2. The predicted molar refractivity (Wildman–Crippen MR) is 124 cm³/mol. The van der Waals surface area contributed by atoms with Gasteiger partial charge >= 0.3 is 6.09 Å². The van der Waals surface area contributed by atoms with Gasteiger partial charge in [-0.05, 0) is 55.1 Å². The van der Waals surface area contributed by atoms with Gasteiger partial charge in [-0.3, -0.25) is 15.0 Å². The summed E-state index contributed by atoms with van der Waals surface area (Å²) in [6.07, 6.45) is 2.27. The standard InChI is InChI=1S/C25H35N3O5/c1-14(2)7-15(11-26)8-21(29)27-25(30)32-18-9-17-13-28(3)12-16-5-6-19(31-4)24-23(16)22(17)20(10-18)33-24/h5-6,9,14-15,18,20,22H,7-8,10-13,26H2,1-4H3,(H,27,29,30). The van der Waals surface area contributed by atoms with E-state index in [-0.39, 0.29) is 30.3 Å². The summed E-state index contributed by atoms with van der Waals surface area (Å²) in [6, 6.07) is 4.06. The van der Waals surface area contributed by atoms with Crippen LogP contribution in [-0.4, -0.2) is 56.4 Å². The van der Waals surface area contributed by atoms with Gasteiger partial charge in [0, 0.05) is 37.4 Å². The van der Waals surface area contributed by atoms with Crippen LogP contribution in [0.4, 0.5) is 4.79 Å². The van der Waals surface area contributed by atoms with Gasteiger partial charge in [-0.15, -0.1) is 0 Å². The quantitative estimate of drug-likeness (QED) is 0.607. The summed E-state index contributed by atoms with van der Waals surface area (Å²) in [5.74, 6) is 1.78. The highest BCUT2D eigenvalue weighted by Gasteiger charge is 2.46. The minimum absolute atomic E-state index is 0.0476. The highest BCUT2D eigenvalue weighted by atomic mass is 16.6. The van der Waals surface area contributed by atoms with Crippen molar-refractivity contribution in [3.63, 3.8) is 0 Å². The van der Waals surface area contributed by atoms with E-state index in [2.05, 4.69) is 37.2 Å². The van der Waals surface area contributed by atoms with Crippen LogP contribution in [0.5, 0.6) is 11.5 Å². The molecule has 4 atom stereocenters. The van der Waals surface area contributed by atoms with Gasteiger partial charge in [0.25, 0.3) is 0 Å². The Morgan fingerprint density at radius 1 is 1.30 bits per heavy atom. The molecule has 3 N–H and O–H groups in total. The molecule has 1 aromatic carbocycles. The third-order valence-corrected chi connectivity index (χ3v) is 6.69. The first-order valence-electron chi connectivity index (χ1n) is 11.7. The SMILES string of the molecule is COc1ccc2c3c1OC1CC(OC(=O)NC(=O)CC(CN)CC(C)C)C=C(CN(C)C2)C31. The van der Waals surface area contributed by atoms with E-state index >= 15 is 0 Å². The van der Waals surface area contributed by atoms with Gasteiger partial charge in [-0.2, -0.15) is 0 Å². The van der Waals surface area contributed by atoms with E-state index in [0.717, 1.165) is 31.0 Å². The number of ether oxygens (including phenoxy) is 3. The summed E-state index contributed by atoms with van der Waals surface area (Å²) in [4.78, 5) is 27.1. The Morgan fingerprint density at radius 2 is 2.09 bits per heavy atom. The van der Waals surface area contributed by atoms with Gasteiger partial charge in [0.05, 0.1) is 7.11 Å². The Morgan fingerprint density at radius 3 is 2.79 bits per heavy atom. The van der Waals surface area contributed by atoms with Crippen molar-refractivity contribution in [1.29, 1.82) is 0 Å². The van der Waals surface area contributed by atoms with Crippen molar-refractivity contribution in [3.8, 4) is 11.5 Å². The molecule has 0 bridgehead atoms. The van der Waals surface area contributed by atoms with E-state index in [1.807, 2.05) is 12.1 Å². The summed E-state index contributed by atoms with van der Waals surface area (Å²) >= 11 is 0. The van der Waals surface area contributed by atoms with Crippen LogP contribution in [0, 0.1) is 11.8 Å². The number of carbonyl (C=O) groups is 2. The molecule has 0 saturated carbocycles. The lowest BCUT2D eigenvalue weighted by atomic mass is 9.80. The summed E-state index contributed by atoms with van der Waals surface area (Å²) < 4.78 is 17.5. The average Bonchev–Trinajstić information content (AvgIpc) is 3.05. The fourth-order valence-corrected chi connectivity index (χ4v) is 5.45. The molecule has 0 spiro atoms. The Balaban J connectivity index is 1.45. The molecular formula is C25H35N3O5. The number of carbonyl (C=O) groups excluding carboxylic acids is 2. The van der Waals surface area contributed by atoms with Crippen LogP contribution in [0.2, 0.25) is 0 Å². The van der Waals surface area contributed by atoms with Crippen molar-refractivity contribution in [2.75, 3.05) is 27.2 Å². The summed E-state index contributed by atoms with van der Waals surface area (Å²) in [7, 11) is 3.72. The van der Waals surface area contributed by atoms with Gasteiger partial charge in [0.1, 0.15) is 12.2 Å². The molecule has 0 fully saturated rings. The molecule has 8 heteroatoms. The van der Waals surface area contributed by atoms with Gasteiger partial charge in [0.2, 0.25) is 5.91 Å². The molecular weight excluding hydrogens is 422 g/mol. The molecule has 2 heterocycles. The number of amides is 2. The Hall–Kier alpha value is -2.58. The van der Waals surface area contributed by atoms with E-state index in [9.17, 15) is 9.59 Å². The first-order chi connectivity index (χ1) is 15.8. The third kappa shape index (κ3) is 5.01. The van der Waals surface area contributed by atoms with E-state index in [4.69, 9.17) is 19.9 Å². The summed E-state index contributed by atoms with van der Waals surface area (Å²) in [5, 5.41) is 2.37. The zero-order valence-electron chi connectivity index (χ0n) is 19.9. The zero-order chi connectivity index (χ0) is 23.7. The number of benzene rings is 1. The minimum atomic E-state index is -0.726. The number of likely N-dealkylation sites (N-methyl/N-ethyl adjacent to an activating group) is 1. The Labute approximate surface area is 195 Å². The number of rotatable bonds is 7. The van der Waals surface area contributed by atoms with E-state index in [1.165, 1.54) is 16.7 Å². The molecule has 1 aromatic rings. The van der Waals surface area contributed by atoms with Crippen molar-refractivity contribution in [1.82, 2.24) is 10.2 Å². The highest BCUT2D eigenvalue weighted by molar-refractivity contribution is 5.91. The molecule has 33 heavy (non-hydrogen) atoms. The van der Waals surface area contributed by atoms with Crippen molar-refractivity contribution in [2.24, 2.45) is 17.6 Å². The molecule has 2 aliphatic heterocycles.